The molecule has 24 heavy (non-hydrogen) atoms. The molecule has 1 heterocycles. The van der Waals surface area contributed by atoms with Crippen molar-refractivity contribution in [2.75, 3.05) is 13.7 Å². The number of fused-ring (bicyclic) bond motifs is 1. The maximum Gasteiger partial charge on any atom is 0.145 e. The van der Waals surface area contributed by atoms with Crippen molar-refractivity contribution in [2.45, 2.75) is 57.8 Å². The molecule has 0 aliphatic heterocycles. The lowest BCUT2D eigenvalue weighted by molar-refractivity contribution is 0.282. The number of hydrogen-bond donors (Lipinski definition) is 1. The molecule has 132 valence electrons. The smallest absolute Gasteiger partial charge is 0.145 e. The van der Waals surface area contributed by atoms with E-state index in [4.69, 9.17) is 26.4 Å². The van der Waals surface area contributed by atoms with Gasteiger partial charge in [0, 0.05) is 17.7 Å². The Morgan fingerprint density at radius 1 is 0.917 bits per heavy atom. The number of methoxy groups -OCH3 is 1. The Bertz CT molecular complexity index is 630. The van der Waals surface area contributed by atoms with Crippen LogP contribution >= 0.6 is 11.6 Å². The number of aromatic nitrogens is 1. The first kappa shape index (κ1) is 19.0. The standard InChI is InChI=1S/C20H28ClNO2/c1-24-19-14-13-18(21)17-12-11-16(22-20(17)19)10-8-6-4-2-3-5-7-9-15-23/h11-14,23H,2-10,15H2,1H3. The Kier molecular flexibility index (Phi) is 8.34. The number of rotatable bonds is 11. The normalized spacial score (nSPS) is 11.1. The summed E-state index contributed by atoms with van der Waals surface area (Å²) in [6.45, 7) is 0.328. The predicted molar refractivity (Wildman–Crippen MR) is 101 cm³/mol. The average molecular weight is 350 g/mol. The first-order valence-electron chi connectivity index (χ1n) is 8.99. The summed E-state index contributed by atoms with van der Waals surface area (Å²) in [6.07, 6.45) is 10.6. The van der Waals surface area contributed by atoms with Gasteiger partial charge in [0.2, 0.25) is 0 Å². The van der Waals surface area contributed by atoms with Crippen LogP contribution in [0.5, 0.6) is 5.75 Å². The first-order valence-corrected chi connectivity index (χ1v) is 9.37. The Balaban J connectivity index is 1.77. The summed E-state index contributed by atoms with van der Waals surface area (Å²) in [5, 5.41) is 10.4. The molecule has 0 saturated heterocycles. The van der Waals surface area contributed by atoms with Crippen LogP contribution in [0.15, 0.2) is 24.3 Å². The van der Waals surface area contributed by atoms with Gasteiger partial charge >= 0.3 is 0 Å². The minimum atomic E-state index is 0.328. The van der Waals surface area contributed by atoms with Gasteiger partial charge in [-0.15, -0.1) is 0 Å². The fourth-order valence-electron chi connectivity index (χ4n) is 2.98. The zero-order valence-corrected chi connectivity index (χ0v) is 15.3. The molecular weight excluding hydrogens is 322 g/mol. The summed E-state index contributed by atoms with van der Waals surface area (Å²) in [5.41, 5.74) is 1.96. The summed E-state index contributed by atoms with van der Waals surface area (Å²) < 4.78 is 5.40. The lowest BCUT2D eigenvalue weighted by Crippen LogP contribution is -1.94. The molecule has 0 fully saturated rings. The van der Waals surface area contributed by atoms with Crippen molar-refractivity contribution in [2.24, 2.45) is 0 Å². The molecule has 1 N–H and O–H groups in total. The van der Waals surface area contributed by atoms with Crippen molar-refractivity contribution in [3.63, 3.8) is 0 Å². The highest BCUT2D eigenvalue weighted by Crippen LogP contribution is 2.30. The number of halogens is 1. The average Bonchev–Trinajstić information content (AvgIpc) is 2.60. The Morgan fingerprint density at radius 3 is 2.25 bits per heavy atom. The summed E-state index contributed by atoms with van der Waals surface area (Å²) >= 11 is 6.24. The van der Waals surface area contributed by atoms with E-state index in [2.05, 4.69) is 6.07 Å². The molecule has 1 aromatic carbocycles. The number of nitrogens with zero attached hydrogens (tertiary/aromatic N) is 1. The topological polar surface area (TPSA) is 42.4 Å². The third-order valence-corrected chi connectivity index (χ3v) is 4.72. The largest absolute Gasteiger partial charge is 0.494 e. The van der Waals surface area contributed by atoms with Crippen LogP contribution < -0.4 is 4.74 Å². The molecule has 0 aliphatic carbocycles. The van der Waals surface area contributed by atoms with Crippen molar-refractivity contribution in [1.82, 2.24) is 4.98 Å². The molecule has 4 heteroatoms. The van der Waals surface area contributed by atoms with Gasteiger partial charge in [0.1, 0.15) is 11.3 Å². The molecule has 3 nitrogen and oxygen atoms in total. The zero-order chi connectivity index (χ0) is 17.2. The number of pyridine rings is 1. The van der Waals surface area contributed by atoms with E-state index < -0.39 is 0 Å². The SMILES string of the molecule is COc1ccc(Cl)c2ccc(CCCCCCCCCCO)nc12. The number of benzene rings is 1. The van der Waals surface area contributed by atoms with Crippen LogP contribution in [0.25, 0.3) is 10.9 Å². The van der Waals surface area contributed by atoms with E-state index in [9.17, 15) is 0 Å². The van der Waals surface area contributed by atoms with Gasteiger partial charge in [0.25, 0.3) is 0 Å². The van der Waals surface area contributed by atoms with Crippen LogP contribution in [0.3, 0.4) is 0 Å². The lowest BCUT2D eigenvalue weighted by atomic mass is 10.1. The van der Waals surface area contributed by atoms with Crippen LogP contribution in [-0.2, 0) is 6.42 Å². The van der Waals surface area contributed by atoms with Crippen LogP contribution in [0.4, 0.5) is 0 Å². The summed E-state index contributed by atoms with van der Waals surface area (Å²) in [5.74, 6) is 0.777. The zero-order valence-electron chi connectivity index (χ0n) is 14.6. The molecule has 1 aromatic heterocycles. The Morgan fingerprint density at radius 2 is 1.58 bits per heavy atom. The highest BCUT2D eigenvalue weighted by Gasteiger charge is 2.07. The van der Waals surface area contributed by atoms with E-state index in [0.29, 0.717) is 11.6 Å². The van der Waals surface area contributed by atoms with Crippen molar-refractivity contribution < 1.29 is 9.84 Å². The summed E-state index contributed by atoms with van der Waals surface area (Å²) in [4.78, 5) is 4.74. The van der Waals surface area contributed by atoms with E-state index in [-0.39, 0.29) is 0 Å². The minimum Gasteiger partial charge on any atom is -0.494 e. The third kappa shape index (κ3) is 5.64. The van der Waals surface area contributed by atoms with Gasteiger partial charge in [-0.1, -0.05) is 50.1 Å². The van der Waals surface area contributed by atoms with Crippen molar-refractivity contribution >= 4 is 22.5 Å². The van der Waals surface area contributed by atoms with Gasteiger partial charge in [0.05, 0.1) is 12.1 Å². The van der Waals surface area contributed by atoms with Gasteiger partial charge in [-0.2, -0.15) is 0 Å². The molecule has 0 atom stereocenters. The highest BCUT2D eigenvalue weighted by atomic mass is 35.5. The molecule has 2 aromatic rings. The van der Waals surface area contributed by atoms with E-state index in [1.807, 2.05) is 18.2 Å². The Hall–Kier alpha value is -1.32. The molecular formula is C20H28ClNO2. The number of ether oxygens (including phenoxy) is 1. The second-order valence-electron chi connectivity index (χ2n) is 6.25. The van der Waals surface area contributed by atoms with Gasteiger partial charge in [-0.25, -0.2) is 4.98 Å². The van der Waals surface area contributed by atoms with E-state index >= 15 is 0 Å². The second-order valence-corrected chi connectivity index (χ2v) is 6.66. The molecule has 0 saturated carbocycles. The Labute approximate surface area is 150 Å². The fraction of sp³-hybridized carbons (Fsp3) is 0.550. The van der Waals surface area contributed by atoms with Gasteiger partial charge in [0.15, 0.2) is 0 Å². The van der Waals surface area contributed by atoms with Crippen molar-refractivity contribution in [3.05, 3.63) is 35.0 Å². The third-order valence-electron chi connectivity index (χ3n) is 4.39. The molecule has 0 radical (unpaired) electrons. The van der Waals surface area contributed by atoms with Crippen molar-refractivity contribution in [3.8, 4) is 5.75 Å². The van der Waals surface area contributed by atoms with Crippen LogP contribution in [-0.4, -0.2) is 23.8 Å². The van der Waals surface area contributed by atoms with Crippen molar-refractivity contribution in [1.29, 1.82) is 0 Å². The molecule has 0 bridgehead atoms. The number of aryl methyl sites for hydroxylation is 1. The number of hydrogen-bond acceptors (Lipinski definition) is 3. The van der Waals surface area contributed by atoms with Gasteiger partial charge in [-0.05, 0) is 43.5 Å². The van der Waals surface area contributed by atoms with Crippen LogP contribution in [0.1, 0.15) is 57.1 Å². The van der Waals surface area contributed by atoms with E-state index in [1.165, 1.54) is 32.1 Å². The maximum atomic E-state index is 8.74. The highest BCUT2D eigenvalue weighted by molar-refractivity contribution is 6.35. The lowest BCUT2D eigenvalue weighted by Gasteiger charge is -2.08. The molecule has 0 unspecified atom stereocenters. The maximum absolute atomic E-state index is 8.74. The van der Waals surface area contributed by atoms with E-state index in [0.717, 1.165) is 48.0 Å². The fourth-order valence-corrected chi connectivity index (χ4v) is 3.20. The van der Waals surface area contributed by atoms with Crippen LogP contribution in [0, 0.1) is 0 Å². The summed E-state index contributed by atoms with van der Waals surface area (Å²) in [7, 11) is 1.66. The molecule has 0 aliphatic rings. The summed E-state index contributed by atoms with van der Waals surface area (Å²) in [6, 6.07) is 7.84. The second kappa shape index (κ2) is 10.5. The number of aliphatic hydroxyl groups excluding tert-OH is 1. The quantitative estimate of drug-likeness (QED) is 0.540. The monoisotopic (exact) mass is 349 g/mol. The van der Waals surface area contributed by atoms with E-state index in [1.54, 1.807) is 7.11 Å². The predicted octanol–water partition coefficient (Wildman–Crippen LogP) is 5.55. The molecule has 2 rings (SSSR count). The minimum absolute atomic E-state index is 0.328. The number of unbranched alkanes of at least 4 members (excludes halogenated alkanes) is 7. The van der Waals surface area contributed by atoms with Gasteiger partial charge < -0.3 is 9.84 Å². The number of aliphatic hydroxyl groups is 1. The molecule has 0 amide bonds. The first-order chi connectivity index (χ1) is 11.8. The van der Waals surface area contributed by atoms with Crippen LogP contribution in [0.2, 0.25) is 5.02 Å². The molecule has 0 spiro atoms. The van der Waals surface area contributed by atoms with Gasteiger partial charge in [-0.3, -0.25) is 0 Å².